The summed E-state index contributed by atoms with van der Waals surface area (Å²) in [5, 5.41) is 12.5. The molecule has 2 aromatic carbocycles. The minimum atomic E-state index is -1.01. The van der Waals surface area contributed by atoms with Crippen molar-refractivity contribution < 1.29 is 14.6 Å². The summed E-state index contributed by atoms with van der Waals surface area (Å²) in [5.41, 5.74) is 2.09. The minimum absolute atomic E-state index is 0.162. The third-order valence-corrected chi connectivity index (χ3v) is 3.79. The lowest BCUT2D eigenvalue weighted by Crippen LogP contribution is -2.18. The molecule has 0 radical (unpaired) electrons. The number of benzene rings is 2. The van der Waals surface area contributed by atoms with E-state index in [1.165, 1.54) is 17.6 Å². The normalized spacial score (nSPS) is 16.3. The number of hydrogen-bond acceptors (Lipinski definition) is 4. The zero-order valence-electron chi connectivity index (χ0n) is 11.2. The van der Waals surface area contributed by atoms with Crippen LogP contribution in [0.5, 0.6) is 5.75 Å². The molecule has 0 aromatic heterocycles. The molecule has 1 unspecified atom stereocenters. The number of nitrogens with zero attached hydrogens (tertiary/aromatic N) is 1. The molecule has 2 aromatic rings. The van der Waals surface area contributed by atoms with Crippen LogP contribution in [0.1, 0.15) is 22.1 Å². The van der Waals surface area contributed by atoms with Crippen molar-refractivity contribution in [3.63, 3.8) is 0 Å². The highest BCUT2D eigenvalue weighted by molar-refractivity contribution is 6.29. The molecule has 0 amide bonds. The first-order chi connectivity index (χ1) is 10.1. The van der Waals surface area contributed by atoms with Crippen LogP contribution in [0, 0.1) is 0 Å². The third kappa shape index (κ3) is 2.15. The van der Waals surface area contributed by atoms with Gasteiger partial charge in [0.25, 0.3) is 0 Å². The van der Waals surface area contributed by atoms with E-state index in [0.717, 1.165) is 5.56 Å². The van der Waals surface area contributed by atoms with Crippen LogP contribution in [0.3, 0.4) is 0 Å². The number of ether oxygens (including phenoxy) is 1. The summed E-state index contributed by atoms with van der Waals surface area (Å²) in [7, 11) is 1.52. The smallest absolute Gasteiger partial charge is 0.337 e. The van der Waals surface area contributed by atoms with E-state index in [9.17, 15) is 9.90 Å². The Bertz CT molecular complexity index is 691. The molecule has 2 N–H and O–H groups in total. The Morgan fingerprint density at radius 3 is 2.62 bits per heavy atom. The molecule has 0 fully saturated rings. The number of anilines is 2. The second-order valence-electron chi connectivity index (χ2n) is 4.61. The molecule has 0 bridgehead atoms. The van der Waals surface area contributed by atoms with Crippen LogP contribution in [-0.2, 0) is 0 Å². The number of halogens is 1. The zero-order chi connectivity index (χ0) is 15.0. The molecular formula is C15H13ClN2O3. The molecule has 0 aliphatic carbocycles. The maximum absolute atomic E-state index is 11.4. The van der Waals surface area contributed by atoms with Crippen molar-refractivity contribution in [2.75, 3.05) is 16.8 Å². The van der Waals surface area contributed by atoms with Crippen molar-refractivity contribution in [3.05, 3.63) is 53.6 Å². The quantitative estimate of drug-likeness (QED) is 0.850. The highest BCUT2D eigenvalue weighted by Gasteiger charge is 2.35. The first-order valence-electron chi connectivity index (χ1n) is 6.34. The summed E-state index contributed by atoms with van der Waals surface area (Å²) in [6.07, 6.45) is -0.350. The third-order valence-electron chi connectivity index (χ3n) is 3.43. The van der Waals surface area contributed by atoms with Gasteiger partial charge in [0.2, 0.25) is 0 Å². The van der Waals surface area contributed by atoms with E-state index in [0.29, 0.717) is 17.1 Å². The van der Waals surface area contributed by atoms with Crippen LogP contribution in [0.25, 0.3) is 0 Å². The Hall–Kier alpha value is -2.40. The van der Waals surface area contributed by atoms with Crippen molar-refractivity contribution in [1.29, 1.82) is 0 Å². The van der Waals surface area contributed by atoms with Crippen molar-refractivity contribution >= 4 is 29.1 Å². The number of carboxylic acids is 1. The number of hydrogen-bond donors (Lipinski definition) is 2. The first kappa shape index (κ1) is 13.6. The fourth-order valence-corrected chi connectivity index (χ4v) is 2.77. The van der Waals surface area contributed by atoms with Crippen LogP contribution in [0.4, 0.5) is 11.4 Å². The summed E-state index contributed by atoms with van der Waals surface area (Å²) in [6.45, 7) is 0. The highest BCUT2D eigenvalue weighted by Crippen LogP contribution is 2.49. The van der Waals surface area contributed by atoms with Crippen molar-refractivity contribution in [1.82, 2.24) is 0 Å². The largest absolute Gasteiger partial charge is 0.494 e. The number of methoxy groups -OCH3 is 1. The van der Waals surface area contributed by atoms with E-state index < -0.39 is 5.97 Å². The molecule has 5 nitrogen and oxygen atoms in total. The van der Waals surface area contributed by atoms with Gasteiger partial charge in [-0.15, -0.1) is 0 Å². The van der Waals surface area contributed by atoms with Gasteiger partial charge < -0.3 is 15.2 Å². The Labute approximate surface area is 126 Å². The zero-order valence-corrected chi connectivity index (χ0v) is 12.0. The molecule has 0 saturated carbocycles. The van der Waals surface area contributed by atoms with Crippen LogP contribution in [-0.4, -0.2) is 18.2 Å². The molecule has 0 saturated heterocycles. The number of fused-ring (bicyclic) bond motifs is 1. The minimum Gasteiger partial charge on any atom is -0.494 e. The van der Waals surface area contributed by atoms with Crippen LogP contribution >= 0.6 is 11.8 Å². The number of nitrogens with one attached hydrogen (secondary N) is 1. The van der Waals surface area contributed by atoms with E-state index >= 15 is 0 Å². The van der Waals surface area contributed by atoms with E-state index in [2.05, 4.69) is 5.32 Å². The predicted molar refractivity (Wildman–Crippen MR) is 81.1 cm³/mol. The fraction of sp³-hybridized carbons (Fsp3) is 0.133. The van der Waals surface area contributed by atoms with Gasteiger partial charge in [-0.25, -0.2) is 4.79 Å². The summed E-state index contributed by atoms with van der Waals surface area (Å²) in [6, 6.07) is 12.7. The van der Waals surface area contributed by atoms with Crippen LogP contribution in [0.2, 0.25) is 0 Å². The van der Waals surface area contributed by atoms with Crippen molar-refractivity contribution in [2.24, 2.45) is 0 Å². The number of carbonyl (C=O) groups is 1. The summed E-state index contributed by atoms with van der Waals surface area (Å²) in [5.74, 6) is -0.490. The van der Waals surface area contributed by atoms with Gasteiger partial charge in [-0.2, -0.15) is 0 Å². The van der Waals surface area contributed by atoms with Gasteiger partial charge in [0.15, 0.2) is 0 Å². The van der Waals surface area contributed by atoms with Gasteiger partial charge in [-0.05, 0) is 17.7 Å². The summed E-state index contributed by atoms with van der Waals surface area (Å²) in [4.78, 5) is 11.4. The first-order valence-corrected chi connectivity index (χ1v) is 6.68. The number of aromatic carboxylic acids is 1. The lowest BCUT2D eigenvalue weighted by molar-refractivity contribution is 0.0698. The average molecular weight is 305 g/mol. The molecule has 108 valence electrons. The molecule has 1 atom stereocenters. The Kier molecular flexibility index (Phi) is 3.35. The average Bonchev–Trinajstić information content (AvgIpc) is 2.85. The van der Waals surface area contributed by atoms with Gasteiger partial charge >= 0.3 is 5.97 Å². The Morgan fingerprint density at radius 2 is 2.00 bits per heavy atom. The van der Waals surface area contributed by atoms with E-state index in [1.807, 2.05) is 30.3 Å². The number of rotatable bonds is 3. The molecule has 1 aliphatic rings. The van der Waals surface area contributed by atoms with E-state index in [4.69, 9.17) is 16.5 Å². The van der Waals surface area contributed by atoms with Gasteiger partial charge in [0.05, 0.1) is 18.4 Å². The van der Waals surface area contributed by atoms with Crippen LogP contribution in [0.15, 0.2) is 42.5 Å². The standard InChI is InChI=1S/C15H13ClN2O3/c1-21-11-8-7-10(15(19)20)12-13(11)18(16)14(17-12)9-5-3-2-4-6-9/h2-8,14,17H,1H3,(H,19,20). The second-order valence-corrected chi connectivity index (χ2v) is 4.98. The molecule has 0 spiro atoms. The van der Waals surface area contributed by atoms with Crippen molar-refractivity contribution in [3.8, 4) is 5.75 Å². The SMILES string of the molecule is COc1ccc(C(=O)O)c2c1N(Cl)C(c1ccccc1)N2. The van der Waals surface area contributed by atoms with Gasteiger partial charge in [0.1, 0.15) is 17.6 Å². The van der Waals surface area contributed by atoms with Crippen molar-refractivity contribution in [2.45, 2.75) is 6.17 Å². The number of carboxylic acid groups (broad SMARTS) is 1. The molecule has 21 heavy (non-hydrogen) atoms. The molecule has 1 heterocycles. The lowest BCUT2D eigenvalue weighted by atomic mass is 10.1. The van der Waals surface area contributed by atoms with Crippen LogP contribution < -0.4 is 14.5 Å². The van der Waals surface area contributed by atoms with Gasteiger partial charge in [0, 0.05) is 11.8 Å². The Morgan fingerprint density at radius 1 is 1.29 bits per heavy atom. The Balaban J connectivity index is 2.11. The maximum atomic E-state index is 11.4. The van der Waals surface area contributed by atoms with Gasteiger partial charge in [-0.1, -0.05) is 30.3 Å². The topological polar surface area (TPSA) is 61.8 Å². The maximum Gasteiger partial charge on any atom is 0.337 e. The molecule has 6 heteroatoms. The highest BCUT2D eigenvalue weighted by atomic mass is 35.5. The van der Waals surface area contributed by atoms with Gasteiger partial charge in [-0.3, -0.25) is 4.42 Å². The molecular weight excluding hydrogens is 292 g/mol. The molecule has 1 aliphatic heterocycles. The van der Waals surface area contributed by atoms with E-state index in [1.54, 1.807) is 6.07 Å². The predicted octanol–water partition coefficient (Wildman–Crippen LogP) is 3.48. The summed E-state index contributed by atoms with van der Waals surface area (Å²) < 4.78 is 6.76. The lowest BCUT2D eigenvalue weighted by Gasteiger charge is -2.20. The second kappa shape index (κ2) is 5.18. The molecule has 3 rings (SSSR count). The monoisotopic (exact) mass is 304 g/mol. The van der Waals surface area contributed by atoms with E-state index in [-0.39, 0.29) is 11.7 Å². The fourth-order valence-electron chi connectivity index (χ4n) is 2.45. The summed E-state index contributed by atoms with van der Waals surface area (Å²) >= 11 is 6.40.